The first-order valence-electron chi connectivity index (χ1n) is 10.8. The first kappa shape index (κ1) is 20.9. The highest BCUT2D eigenvalue weighted by molar-refractivity contribution is 7.22. The molecule has 1 saturated heterocycles. The molecule has 0 radical (unpaired) electrons. The van der Waals surface area contributed by atoms with Gasteiger partial charge in [-0.05, 0) is 58.7 Å². The molecule has 32 heavy (non-hydrogen) atoms. The Bertz CT molecular complexity index is 1260. The zero-order valence-corrected chi connectivity index (χ0v) is 18.4. The van der Waals surface area contributed by atoms with Crippen LogP contribution in [-0.4, -0.2) is 29.1 Å². The molecule has 1 N–H and O–H groups in total. The largest absolute Gasteiger partial charge is 0.481 e. The van der Waals surface area contributed by atoms with Crippen LogP contribution in [-0.2, 0) is 17.8 Å². The minimum atomic E-state index is -0.749. The molecule has 1 aliphatic heterocycles. The van der Waals surface area contributed by atoms with E-state index in [1.807, 2.05) is 18.2 Å². The fourth-order valence-corrected chi connectivity index (χ4v) is 5.53. The Morgan fingerprint density at radius 1 is 0.969 bits per heavy atom. The zero-order valence-electron chi connectivity index (χ0n) is 17.6. The number of carboxylic acid groups (broad SMARTS) is 1. The lowest BCUT2D eigenvalue weighted by atomic mass is 9.95. The molecule has 1 fully saturated rings. The van der Waals surface area contributed by atoms with Crippen LogP contribution in [0.25, 0.3) is 20.5 Å². The van der Waals surface area contributed by atoms with Gasteiger partial charge in [-0.2, -0.15) is 0 Å². The minimum absolute atomic E-state index is 0.207. The molecule has 0 aliphatic carbocycles. The van der Waals surface area contributed by atoms with E-state index in [1.165, 1.54) is 11.1 Å². The Morgan fingerprint density at radius 2 is 1.75 bits per heavy atom. The van der Waals surface area contributed by atoms with E-state index in [0.29, 0.717) is 12.1 Å². The average Bonchev–Trinajstić information content (AvgIpc) is 3.16. The normalized spacial score (nSPS) is 14.5. The number of carboxylic acids is 1. The van der Waals surface area contributed by atoms with Crippen LogP contribution in [0, 0.1) is 11.7 Å². The first-order chi connectivity index (χ1) is 15.5. The van der Waals surface area contributed by atoms with Gasteiger partial charge in [0, 0.05) is 34.8 Å². The second kappa shape index (κ2) is 8.85. The second-order valence-electron chi connectivity index (χ2n) is 8.62. The Balaban J connectivity index is 1.30. The summed E-state index contributed by atoms with van der Waals surface area (Å²) >= 11 is 1.61. The van der Waals surface area contributed by atoms with Crippen molar-refractivity contribution in [1.82, 2.24) is 4.90 Å². The Morgan fingerprint density at radius 3 is 2.50 bits per heavy atom. The first-order valence-corrected chi connectivity index (χ1v) is 11.6. The summed E-state index contributed by atoms with van der Waals surface area (Å²) in [5.41, 5.74) is 4.08. The van der Waals surface area contributed by atoms with E-state index in [4.69, 9.17) is 5.11 Å². The van der Waals surface area contributed by atoms with Crippen LogP contribution in [0.3, 0.4) is 0 Å². The van der Waals surface area contributed by atoms with Crippen molar-refractivity contribution >= 4 is 27.4 Å². The molecule has 3 nitrogen and oxygen atoms in total. The standard InChI is InChI=1S/C27H24FNO2S/c28-24-12-20(15-29-16-21(17-29)13-27(30)31)6-8-23(24)26-14-22-11-19(7-9-25(22)32-26)10-18-4-2-1-3-5-18/h1-9,11-12,14,21H,10,13,15-17H2,(H,30,31). The van der Waals surface area contributed by atoms with Gasteiger partial charge in [0.25, 0.3) is 0 Å². The summed E-state index contributed by atoms with van der Waals surface area (Å²) in [7, 11) is 0. The van der Waals surface area contributed by atoms with Gasteiger partial charge in [0.2, 0.25) is 0 Å². The lowest BCUT2D eigenvalue weighted by Crippen LogP contribution is -2.46. The van der Waals surface area contributed by atoms with E-state index in [2.05, 4.69) is 53.4 Å². The van der Waals surface area contributed by atoms with Crippen molar-refractivity contribution in [3.8, 4) is 10.4 Å². The molecule has 0 spiro atoms. The van der Waals surface area contributed by atoms with E-state index in [9.17, 15) is 9.18 Å². The predicted octanol–water partition coefficient (Wildman–Crippen LogP) is 6.20. The maximum absolute atomic E-state index is 15.0. The third kappa shape index (κ3) is 4.59. The van der Waals surface area contributed by atoms with Crippen LogP contribution < -0.4 is 0 Å². The number of carbonyl (C=O) groups is 1. The lowest BCUT2D eigenvalue weighted by Gasteiger charge is -2.38. The molecular weight excluding hydrogens is 421 g/mol. The number of fused-ring (bicyclic) bond motifs is 1. The van der Waals surface area contributed by atoms with Crippen molar-refractivity contribution in [2.45, 2.75) is 19.4 Å². The molecule has 0 amide bonds. The van der Waals surface area contributed by atoms with Crippen molar-refractivity contribution in [3.63, 3.8) is 0 Å². The number of nitrogens with zero attached hydrogens (tertiary/aromatic N) is 1. The highest BCUT2D eigenvalue weighted by atomic mass is 32.1. The average molecular weight is 446 g/mol. The number of aliphatic carboxylic acids is 1. The summed E-state index contributed by atoms with van der Waals surface area (Å²) in [4.78, 5) is 13.9. The van der Waals surface area contributed by atoms with Gasteiger partial charge < -0.3 is 5.11 Å². The van der Waals surface area contributed by atoms with Crippen molar-refractivity contribution in [2.75, 3.05) is 13.1 Å². The van der Waals surface area contributed by atoms with Crippen LogP contribution >= 0.6 is 11.3 Å². The van der Waals surface area contributed by atoms with E-state index in [-0.39, 0.29) is 18.2 Å². The van der Waals surface area contributed by atoms with Gasteiger partial charge in [-0.1, -0.05) is 48.5 Å². The second-order valence-corrected chi connectivity index (χ2v) is 9.70. The van der Waals surface area contributed by atoms with E-state index < -0.39 is 5.97 Å². The topological polar surface area (TPSA) is 40.5 Å². The van der Waals surface area contributed by atoms with Crippen molar-refractivity contribution < 1.29 is 14.3 Å². The highest BCUT2D eigenvalue weighted by Gasteiger charge is 2.28. The molecule has 1 aliphatic rings. The van der Waals surface area contributed by atoms with Gasteiger partial charge in [-0.25, -0.2) is 4.39 Å². The van der Waals surface area contributed by atoms with Crippen molar-refractivity contribution in [2.24, 2.45) is 5.92 Å². The Hall–Kier alpha value is -3.02. The number of hydrogen-bond donors (Lipinski definition) is 1. The van der Waals surface area contributed by atoms with Crippen LogP contribution in [0.5, 0.6) is 0 Å². The molecule has 4 aromatic rings. The molecular formula is C27H24FNO2S. The zero-order chi connectivity index (χ0) is 22.1. The SMILES string of the molecule is O=C(O)CC1CN(Cc2ccc(-c3cc4cc(Cc5ccccc5)ccc4s3)c(F)c2)C1. The molecule has 0 saturated carbocycles. The number of hydrogen-bond acceptors (Lipinski definition) is 3. The maximum Gasteiger partial charge on any atom is 0.303 e. The van der Waals surface area contributed by atoms with Gasteiger partial charge in [-0.3, -0.25) is 9.69 Å². The third-order valence-corrected chi connectivity index (χ3v) is 7.18. The van der Waals surface area contributed by atoms with Crippen LogP contribution in [0.2, 0.25) is 0 Å². The van der Waals surface area contributed by atoms with Crippen LogP contribution in [0.15, 0.2) is 72.8 Å². The summed E-state index contributed by atoms with van der Waals surface area (Å²) in [5, 5.41) is 10.0. The molecule has 0 atom stereocenters. The van der Waals surface area contributed by atoms with Gasteiger partial charge in [0.15, 0.2) is 0 Å². The summed E-state index contributed by atoms with van der Waals surface area (Å²) in [6.07, 6.45) is 1.09. The predicted molar refractivity (Wildman–Crippen MR) is 127 cm³/mol. The van der Waals surface area contributed by atoms with E-state index in [1.54, 1.807) is 17.4 Å². The molecule has 162 valence electrons. The van der Waals surface area contributed by atoms with Crippen molar-refractivity contribution in [3.05, 3.63) is 95.3 Å². The Labute approximate surface area is 190 Å². The molecule has 5 heteroatoms. The summed E-state index contributed by atoms with van der Waals surface area (Å²) < 4.78 is 16.1. The van der Waals surface area contributed by atoms with Crippen molar-refractivity contribution in [1.29, 1.82) is 0 Å². The smallest absolute Gasteiger partial charge is 0.303 e. The lowest BCUT2D eigenvalue weighted by molar-refractivity contribution is -0.139. The monoisotopic (exact) mass is 445 g/mol. The number of likely N-dealkylation sites (tertiary alicyclic amines) is 1. The molecule has 0 bridgehead atoms. The summed E-state index contributed by atoms with van der Waals surface area (Å²) in [6.45, 7) is 2.18. The number of rotatable bonds is 7. The molecule has 1 aromatic heterocycles. The highest BCUT2D eigenvalue weighted by Crippen LogP contribution is 2.36. The van der Waals surface area contributed by atoms with Crippen LogP contribution in [0.1, 0.15) is 23.1 Å². The van der Waals surface area contributed by atoms with E-state index >= 15 is 0 Å². The van der Waals surface area contributed by atoms with Crippen LogP contribution in [0.4, 0.5) is 4.39 Å². The quantitative estimate of drug-likeness (QED) is 0.368. The summed E-state index contributed by atoms with van der Waals surface area (Å²) in [5.74, 6) is -0.747. The number of benzene rings is 3. The van der Waals surface area contributed by atoms with Gasteiger partial charge in [0.1, 0.15) is 5.82 Å². The van der Waals surface area contributed by atoms with Gasteiger partial charge >= 0.3 is 5.97 Å². The van der Waals surface area contributed by atoms with E-state index in [0.717, 1.165) is 40.0 Å². The molecule has 5 rings (SSSR count). The third-order valence-electron chi connectivity index (χ3n) is 6.03. The minimum Gasteiger partial charge on any atom is -0.481 e. The maximum atomic E-state index is 15.0. The van der Waals surface area contributed by atoms with Gasteiger partial charge in [0.05, 0.1) is 6.42 Å². The fourth-order valence-electron chi connectivity index (χ4n) is 4.46. The summed E-state index contributed by atoms with van der Waals surface area (Å²) in [6, 6.07) is 24.4. The molecule has 2 heterocycles. The molecule has 0 unspecified atom stereocenters. The fraction of sp³-hybridized carbons (Fsp3) is 0.222. The molecule has 3 aromatic carbocycles. The Kier molecular flexibility index (Phi) is 5.77. The van der Waals surface area contributed by atoms with Gasteiger partial charge in [-0.15, -0.1) is 11.3 Å². The number of thiophene rings is 1. The number of halogens is 1.